The number of allylic oxidation sites excluding steroid dienone is 1. The number of hydrogen-bond acceptors (Lipinski definition) is 3. The first-order valence-corrected chi connectivity index (χ1v) is 5.97. The molecular formula is C13H27NO2. The Morgan fingerprint density at radius 2 is 2.12 bits per heavy atom. The van der Waals surface area contributed by atoms with Crippen LogP contribution in [-0.2, 0) is 4.74 Å². The largest absolute Gasteiger partial charge is 0.396 e. The SMILES string of the molecule is C=CCC(C)C(C)NC(C)(CCO)COC. The van der Waals surface area contributed by atoms with Gasteiger partial charge >= 0.3 is 0 Å². The number of methoxy groups -OCH3 is 1. The van der Waals surface area contributed by atoms with E-state index in [1.807, 2.05) is 6.08 Å². The lowest BCUT2D eigenvalue weighted by Crippen LogP contribution is -2.52. The van der Waals surface area contributed by atoms with Gasteiger partial charge in [-0.2, -0.15) is 0 Å². The van der Waals surface area contributed by atoms with E-state index >= 15 is 0 Å². The summed E-state index contributed by atoms with van der Waals surface area (Å²) in [6.45, 7) is 11.0. The second-order valence-corrected chi connectivity index (χ2v) is 4.90. The Labute approximate surface area is 99.9 Å². The summed E-state index contributed by atoms with van der Waals surface area (Å²) in [7, 11) is 1.69. The number of hydrogen-bond donors (Lipinski definition) is 2. The van der Waals surface area contributed by atoms with Crippen LogP contribution >= 0.6 is 0 Å². The van der Waals surface area contributed by atoms with Crippen molar-refractivity contribution in [2.45, 2.75) is 45.2 Å². The molecule has 0 aliphatic carbocycles. The van der Waals surface area contributed by atoms with Crippen LogP contribution in [-0.4, -0.2) is 37.0 Å². The molecule has 0 fully saturated rings. The predicted molar refractivity (Wildman–Crippen MR) is 68.6 cm³/mol. The van der Waals surface area contributed by atoms with Crippen LogP contribution in [0.4, 0.5) is 0 Å². The smallest absolute Gasteiger partial charge is 0.0642 e. The molecule has 0 amide bonds. The predicted octanol–water partition coefficient (Wildman–Crippen LogP) is 1.96. The zero-order chi connectivity index (χ0) is 12.6. The molecule has 0 aromatic heterocycles. The highest BCUT2D eigenvalue weighted by Gasteiger charge is 2.26. The van der Waals surface area contributed by atoms with Gasteiger partial charge in [-0.15, -0.1) is 6.58 Å². The van der Waals surface area contributed by atoms with Gasteiger partial charge in [0.05, 0.1) is 6.61 Å². The summed E-state index contributed by atoms with van der Waals surface area (Å²) in [6.07, 6.45) is 3.64. The summed E-state index contributed by atoms with van der Waals surface area (Å²) in [6, 6.07) is 0.379. The van der Waals surface area contributed by atoms with Gasteiger partial charge < -0.3 is 15.2 Å². The topological polar surface area (TPSA) is 41.5 Å². The van der Waals surface area contributed by atoms with Crippen LogP contribution in [0.25, 0.3) is 0 Å². The number of nitrogens with one attached hydrogen (secondary N) is 1. The van der Waals surface area contributed by atoms with Gasteiger partial charge in [0, 0.05) is 25.3 Å². The van der Waals surface area contributed by atoms with E-state index in [2.05, 4.69) is 32.7 Å². The van der Waals surface area contributed by atoms with Crippen LogP contribution in [0.3, 0.4) is 0 Å². The normalized spacial score (nSPS) is 18.8. The van der Waals surface area contributed by atoms with Gasteiger partial charge in [0.15, 0.2) is 0 Å². The average Bonchev–Trinajstić information content (AvgIpc) is 2.18. The van der Waals surface area contributed by atoms with Crippen molar-refractivity contribution in [1.82, 2.24) is 5.32 Å². The van der Waals surface area contributed by atoms with Crippen LogP contribution in [0.5, 0.6) is 0 Å². The molecule has 0 aliphatic rings. The highest BCUT2D eigenvalue weighted by Crippen LogP contribution is 2.16. The maximum atomic E-state index is 9.07. The fourth-order valence-electron chi connectivity index (χ4n) is 1.91. The van der Waals surface area contributed by atoms with E-state index in [0.29, 0.717) is 25.0 Å². The average molecular weight is 229 g/mol. The summed E-state index contributed by atoms with van der Waals surface area (Å²) in [5.41, 5.74) is -0.154. The van der Waals surface area contributed by atoms with Crippen molar-refractivity contribution >= 4 is 0 Å². The molecular weight excluding hydrogens is 202 g/mol. The van der Waals surface area contributed by atoms with E-state index in [0.717, 1.165) is 6.42 Å². The highest BCUT2D eigenvalue weighted by molar-refractivity contribution is 4.88. The molecule has 0 aromatic rings. The van der Waals surface area contributed by atoms with Crippen LogP contribution in [0.2, 0.25) is 0 Å². The zero-order valence-corrected chi connectivity index (χ0v) is 11.1. The third-order valence-corrected chi connectivity index (χ3v) is 3.09. The Morgan fingerprint density at radius 3 is 2.56 bits per heavy atom. The third kappa shape index (κ3) is 5.64. The first kappa shape index (κ1) is 15.6. The summed E-state index contributed by atoms with van der Waals surface area (Å²) < 4.78 is 5.21. The van der Waals surface area contributed by atoms with Crippen molar-refractivity contribution in [3.05, 3.63) is 12.7 Å². The Hall–Kier alpha value is -0.380. The number of ether oxygens (including phenoxy) is 1. The lowest BCUT2D eigenvalue weighted by Gasteiger charge is -2.35. The molecule has 0 aliphatic heterocycles. The Balaban J connectivity index is 4.31. The lowest BCUT2D eigenvalue weighted by molar-refractivity contribution is 0.0859. The van der Waals surface area contributed by atoms with Crippen LogP contribution in [0.1, 0.15) is 33.6 Å². The molecule has 2 N–H and O–H groups in total. The molecule has 3 nitrogen and oxygen atoms in total. The maximum Gasteiger partial charge on any atom is 0.0642 e. The number of rotatable bonds is 9. The minimum absolute atomic E-state index is 0.154. The number of aliphatic hydroxyl groups is 1. The number of aliphatic hydroxyl groups excluding tert-OH is 1. The van der Waals surface area contributed by atoms with Crippen molar-refractivity contribution in [2.24, 2.45) is 5.92 Å². The van der Waals surface area contributed by atoms with Crippen molar-refractivity contribution < 1.29 is 9.84 Å². The molecule has 0 saturated heterocycles. The molecule has 0 heterocycles. The van der Waals surface area contributed by atoms with E-state index < -0.39 is 0 Å². The van der Waals surface area contributed by atoms with E-state index in [1.165, 1.54) is 0 Å². The Bertz CT molecular complexity index is 188. The van der Waals surface area contributed by atoms with Crippen molar-refractivity contribution in [3.8, 4) is 0 Å². The van der Waals surface area contributed by atoms with Gasteiger partial charge in [-0.3, -0.25) is 0 Å². The van der Waals surface area contributed by atoms with Crippen LogP contribution in [0, 0.1) is 5.92 Å². The van der Waals surface area contributed by atoms with Crippen molar-refractivity contribution in [3.63, 3.8) is 0 Å². The molecule has 96 valence electrons. The minimum Gasteiger partial charge on any atom is -0.396 e. The minimum atomic E-state index is -0.154. The fraction of sp³-hybridized carbons (Fsp3) is 0.846. The van der Waals surface area contributed by atoms with Gasteiger partial charge in [-0.05, 0) is 32.6 Å². The molecule has 0 saturated carbocycles. The first-order valence-electron chi connectivity index (χ1n) is 5.97. The molecule has 3 unspecified atom stereocenters. The lowest BCUT2D eigenvalue weighted by atomic mass is 9.93. The monoisotopic (exact) mass is 229 g/mol. The third-order valence-electron chi connectivity index (χ3n) is 3.09. The van der Waals surface area contributed by atoms with E-state index in [-0.39, 0.29) is 12.1 Å². The van der Waals surface area contributed by atoms with Gasteiger partial charge in [-0.1, -0.05) is 13.0 Å². The van der Waals surface area contributed by atoms with E-state index in [4.69, 9.17) is 9.84 Å². The van der Waals surface area contributed by atoms with Gasteiger partial charge in [0.1, 0.15) is 0 Å². The van der Waals surface area contributed by atoms with Gasteiger partial charge in [0.25, 0.3) is 0 Å². The van der Waals surface area contributed by atoms with Gasteiger partial charge in [0.2, 0.25) is 0 Å². The zero-order valence-electron chi connectivity index (χ0n) is 11.1. The van der Waals surface area contributed by atoms with Crippen LogP contribution in [0.15, 0.2) is 12.7 Å². The van der Waals surface area contributed by atoms with Crippen molar-refractivity contribution in [2.75, 3.05) is 20.3 Å². The highest BCUT2D eigenvalue weighted by atomic mass is 16.5. The molecule has 0 rings (SSSR count). The molecule has 3 atom stereocenters. The second-order valence-electron chi connectivity index (χ2n) is 4.90. The van der Waals surface area contributed by atoms with E-state index in [9.17, 15) is 0 Å². The van der Waals surface area contributed by atoms with Crippen molar-refractivity contribution in [1.29, 1.82) is 0 Å². The first-order chi connectivity index (χ1) is 7.49. The second kappa shape index (κ2) is 7.82. The molecule has 0 spiro atoms. The Morgan fingerprint density at radius 1 is 1.50 bits per heavy atom. The summed E-state index contributed by atoms with van der Waals surface area (Å²) in [4.78, 5) is 0. The summed E-state index contributed by atoms with van der Waals surface area (Å²) in [5, 5.41) is 12.6. The molecule has 0 bridgehead atoms. The Kier molecular flexibility index (Phi) is 7.64. The summed E-state index contributed by atoms with van der Waals surface area (Å²) in [5.74, 6) is 0.535. The molecule has 16 heavy (non-hydrogen) atoms. The standard InChI is InChI=1S/C13H27NO2/c1-6-7-11(2)12(3)14-13(4,8-9-15)10-16-5/h6,11-12,14-15H,1,7-10H2,2-5H3. The molecule has 3 heteroatoms. The molecule has 0 aromatic carbocycles. The fourth-order valence-corrected chi connectivity index (χ4v) is 1.91. The molecule has 0 radical (unpaired) electrons. The summed E-state index contributed by atoms with van der Waals surface area (Å²) >= 11 is 0. The van der Waals surface area contributed by atoms with Gasteiger partial charge in [-0.25, -0.2) is 0 Å². The van der Waals surface area contributed by atoms with E-state index in [1.54, 1.807) is 7.11 Å². The van der Waals surface area contributed by atoms with Crippen LogP contribution < -0.4 is 5.32 Å². The maximum absolute atomic E-state index is 9.07. The quantitative estimate of drug-likeness (QED) is 0.594.